The van der Waals surface area contributed by atoms with Crippen molar-refractivity contribution in [2.24, 2.45) is 0 Å². The molecule has 0 radical (unpaired) electrons. The van der Waals surface area contributed by atoms with E-state index in [9.17, 15) is 19.2 Å². The molecule has 2 aliphatic heterocycles. The SMILES string of the molecule is Cc1ccc(Cl)cc1.Cc1ccc2oc(C(=O)NCC(=O)N3CCN(c4ccccc4CN4CCCCC4=O)CC3)cc(=O)c2c1. The van der Waals surface area contributed by atoms with Gasteiger partial charge in [-0.3, -0.25) is 19.2 Å². The molecule has 0 saturated carbocycles. The first kappa shape index (κ1) is 32.8. The lowest BCUT2D eigenvalue weighted by Gasteiger charge is -2.37. The standard InChI is InChI=1S/C29H32N4O5.C7H7Cl/c1-20-9-10-25-22(16-20)24(34)17-26(38-25)29(37)30-18-28(36)32-14-12-31(13-15-32)23-7-3-2-6-21(23)19-33-11-5-4-8-27(33)35;1-6-2-4-7(8)5-3-6/h2-3,6-7,9-10,16-17H,4-5,8,11-15,18-19H2,1H3,(H,30,37);2-5H,1H3. The van der Waals surface area contributed by atoms with Crippen molar-refractivity contribution < 1.29 is 18.8 Å². The van der Waals surface area contributed by atoms with Crippen LogP contribution in [-0.4, -0.2) is 66.8 Å². The van der Waals surface area contributed by atoms with Crippen LogP contribution in [0.1, 0.15) is 46.5 Å². The lowest BCUT2D eigenvalue weighted by atomic mass is 10.1. The largest absolute Gasteiger partial charge is 0.451 e. The molecule has 0 atom stereocenters. The third-order valence-electron chi connectivity index (χ3n) is 8.26. The second kappa shape index (κ2) is 15.1. The monoisotopic (exact) mass is 642 g/mol. The molecule has 3 aromatic carbocycles. The van der Waals surface area contributed by atoms with E-state index in [0.29, 0.717) is 50.1 Å². The highest BCUT2D eigenvalue weighted by atomic mass is 35.5. The van der Waals surface area contributed by atoms with E-state index in [1.807, 2.05) is 61.2 Å². The van der Waals surface area contributed by atoms with Crippen LogP contribution in [0.3, 0.4) is 0 Å². The van der Waals surface area contributed by atoms with E-state index in [1.54, 1.807) is 17.0 Å². The number of carbonyl (C=O) groups is 3. The molecule has 4 aromatic rings. The fraction of sp³-hybridized carbons (Fsp3) is 0.333. The summed E-state index contributed by atoms with van der Waals surface area (Å²) in [5.41, 5.74) is 4.41. The van der Waals surface area contributed by atoms with Crippen LogP contribution in [0.2, 0.25) is 5.02 Å². The van der Waals surface area contributed by atoms with Crippen molar-refractivity contribution in [2.75, 3.05) is 44.2 Å². The average Bonchev–Trinajstić information content (AvgIpc) is 3.07. The van der Waals surface area contributed by atoms with Crippen molar-refractivity contribution in [2.45, 2.75) is 39.7 Å². The lowest BCUT2D eigenvalue weighted by Crippen LogP contribution is -2.51. The van der Waals surface area contributed by atoms with Gasteiger partial charge in [0.15, 0.2) is 11.2 Å². The molecule has 6 rings (SSSR count). The first-order valence-corrected chi connectivity index (χ1v) is 16.0. The topological polar surface area (TPSA) is 103 Å². The molecule has 2 saturated heterocycles. The van der Waals surface area contributed by atoms with Gasteiger partial charge in [-0.2, -0.15) is 0 Å². The van der Waals surface area contributed by atoms with E-state index in [2.05, 4.69) is 22.3 Å². The van der Waals surface area contributed by atoms with Gasteiger partial charge < -0.3 is 24.4 Å². The van der Waals surface area contributed by atoms with Crippen LogP contribution in [0.25, 0.3) is 11.0 Å². The number of aryl methyl sites for hydroxylation is 2. The average molecular weight is 643 g/mol. The highest BCUT2D eigenvalue weighted by Crippen LogP contribution is 2.25. The summed E-state index contributed by atoms with van der Waals surface area (Å²) in [7, 11) is 0. The molecule has 0 spiro atoms. The zero-order chi connectivity index (χ0) is 32.6. The molecular formula is C36H39ClN4O5. The maximum Gasteiger partial charge on any atom is 0.287 e. The van der Waals surface area contributed by atoms with E-state index in [4.69, 9.17) is 16.0 Å². The van der Waals surface area contributed by atoms with Crippen molar-refractivity contribution in [3.63, 3.8) is 0 Å². The maximum absolute atomic E-state index is 12.8. The Labute approximate surface area is 273 Å². The Balaban J connectivity index is 0.000000455. The second-order valence-corrected chi connectivity index (χ2v) is 12.2. The summed E-state index contributed by atoms with van der Waals surface area (Å²) < 4.78 is 5.60. The van der Waals surface area contributed by atoms with E-state index >= 15 is 0 Å². The summed E-state index contributed by atoms with van der Waals surface area (Å²) in [4.78, 5) is 56.0. The Kier molecular flexibility index (Phi) is 10.8. The molecule has 3 heterocycles. The number of para-hydroxylation sites is 1. The molecule has 0 aliphatic carbocycles. The van der Waals surface area contributed by atoms with Gasteiger partial charge in [-0.05, 0) is 62.6 Å². The molecule has 3 amide bonds. The number of amides is 3. The van der Waals surface area contributed by atoms with Crippen molar-refractivity contribution in [3.8, 4) is 0 Å². The Morgan fingerprint density at radius 2 is 1.57 bits per heavy atom. The fourth-order valence-electron chi connectivity index (χ4n) is 5.65. The number of piperazine rings is 1. The number of benzene rings is 3. The smallest absolute Gasteiger partial charge is 0.287 e. The summed E-state index contributed by atoms with van der Waals surface area (Å²) in [5.74, 6) is -0.698. The summed E-state index contributed by atoms with van der Waals surface area (Å²) >= 11 is 5.61. The van der Waals surface area contributed by atoms with Gasteiger partial charge in [0.25, 0.3) is 5.91 Å². The molecule has 0 bridgehead atoms. The van der Waals surface area contributed by atoms with Crippen LogP contribution in [0.15, 0.2) is 82.0 Å². The Hall–Kier alpha value is -4.63. The van der Waals surface area contributed by atoms with Crippen molar-refractivity contribution in [1.82, 2.24) is 15.1 Å². The first-order valence-electron chi connectivity index (χ1n) is 15.6. The fourth-order valence-corrected chi connectivity index (χ4v) is 5.78. The predicted octanol–water partition coefficient (Wildman–Crippen LogP) is 5.34. The van der Waals surface area contributed by atoms with Crippen molar-refractivity contribution >= 4 is 46.0 Å². The maximum atomic E-state index is 12.8. The van der Waals surface area contributed by atoms with Gasteiger partial charge in [0.1, 0.15) is 5.58 Å². The van der Waals surface area contributed by atoms with Gasteiger partial charge in [-0.25, -0.2) is 0 Å². The van der Waals surface area contributed by atoms with Gasteiger partial charge in [0.05, 0.1) is 11.9 Å². The van der Waals surface area contributed by atoms with Gasteiger partial charge in [-0.15, -0.1) is 0 Å². The number of likely N-dealkylation sites (tertiary alicyclic amines) is 1. The number of carbonyl (C=O) groups excluding carboxylic acids is 3. The van der Waals surface area contributed by atoms with Gasteiger partial charge in [-0.1, -0.05) is 59.1 Å². The van der Waals surface area contributed by atoms with Crippen LogP contribution in [0.4, 0.5) is 5.69 Å². The van der Waals surface area contributed by atoms with Crippen molar-refractivity contribution in [1.29, 1.82) is 0 Å². The molecule has 46 heavy (non-hydrogen) atoms. The minimum absolute atomic E-state index is 0.118. The number of nitrogens with zero attached hydrogens (tertiary/aromatic N) is 3. The zero-order valence-corrected chi connectivity index (χ0v) is 27.0. The molecule has 0 unspecified atom stereocenters. The molecule has 10 heteroatoms. The van der Waals surface area contributed by atoms with Gasteiger partial charge in [0, 0.05) is 62.5 Å². The summed E-state index contributed by atoms with van der Waals surface area (Å²) in [5, 5.41) is 3.80. The molecule has 240 valence electrons. The molecule has 1 aromatic heterocycles. The molecule has 9 nitrogen and oxygen atoms in total. The van der Waals surface area contributed by atoms with Gasteiger partial charge in [0.2, 0.25) is 11.8 Å². The molecule has 1 N–H and O–H groups in total. The predicted molar refractivity (Wildman–Crippen MR) is 180 cm³/mol. The van der Waals surface area contributed by atoms with Crippen LogP contribution >= 0.6 is 11.6 Å². The van der Waals surface area contributed by atoms with E-state index in [1.165, 1.54) is 5.56 Å². The molecule has 2 aliphatic rings. The Morgan fingerprint density at radius 1 is 0.848 bits per heavy atom. The Bertz CT molecular complexity index is 1740. The van der Waals surface area contributed by atoms with Gasteiger partial charge >= 0.3 is 0 Å². The zero-order valence-electron chi connectivity index (χ0n) is 26.3. The summed E-state index contributed by atoms with van der Waals surface area (Å²) in [6, 6.07) is 22.2. The normalized spacial score (nSPS) is 14.9. The summed E-state index contributed by atoms with van der Waals surface area (Å²) in [6.45, 7) is 7.49. The van der Waals surface area contributed by atoms with Crippen LogP contribution in [0, 0.1) is 13.8 Å². The highest BCUT2D eigenvalue weighted by Gasteiger charge is 2.25. The summed E-state index contributed by atoms with van der Waals surface area (Å²) in [6.07, 6.45) is 2.62. The van der Waals surface area contributed by atoms with Crippen LogP contribution in [-0.2, 0) is 16.1 Å². The first-order chi connectivity index (χ1) is 22.2. The number of fused-ring (bicyclic) bond motifs is 1. The highest BCUT2D eigenvalue weighted by molar-refractivity contribution is 6.30. The minimum Gasteiger partial charge on any atom is -0.451 e. The van der Waals surface area contributed by atoms with Crippen LogP contribution < -0.4 is 15.6 Å². The molecular weight excluding hydrogens is 604 g/mol. The third kappa shape index (κ3) is 8.34. The van der Waals surface area contributed by atoms with E-state index in [0.717, 1.165) is 47.3 Å². The van der Waals surface area contributed by atoms with Crippen molar-refractivity contribution in [3.05, 3.63) is 110 Å². The number of halogens is 1. The second-order valence-electron chi connectivity index (χ2n) is 11.7. The Morgan fingerprint density at radius 3 is 2.28 bits per heavy atom. The number of anilines is 1. The quantitative estimate of drug-likeness (QED) is 0.305. The van der Waals surface area contributed by atoms with Crippen LogP contribution in [0.5, 0.6) is 0 Å². The van der Waals surface area contributed by atoms with E-state index < -0.39 is 5.91 Å². The third-order valence-corrected chi connectivity index (χ3v) is 8.52. The number of piperidine rings is 1. The number of nitrogens with one attached hydrogen (secondary N) is 1. The minimum atomic E-state index is -0.599. The lowest BCUT2D eigenvalue weighted by molar-refractivity contribution is -0.134. The number of hydrogen-bond acceptors (Lipinski definition) is 6. The molecule has 2 fully saturated rings. The number of rotatable bonds is 6. The number of hydrogen-bond donors (Lipinski definition) is 1. The van der Waals surface area contributed by atoms with E-state index in [-0.39, 0.29) is 29.5 Å².